The number of hydrogen-bond donors (Lipinski definition) is 3. The van der Waals surface area contributed by atoms with Crippen LogP contribution in [0.15, 0.2) is 45.0 Å². The average molecular weight is 409 g/mol. The summed E-state index contributed by atoms with van der Waals surface area (Å²) in [6.45, 7) is 2.05. The van der Waals surface area contributed by atoms with E-state index in [1.54, 1.807) is 0 Å². The lowest BCUT2D eigenvalue weighted by molar-refractivity contribution is 0.298. The molecule has 1 atom stereocenters. The number of aromatic nitrogens is 3. The fourth-order valence-corrected chi connectivity index (χ4v) is 4.38. The van der Waals surface area contributed by atoms with Crippen LogP contribution in [0.25, 0.3) is 10.9 Å². The zero-order valence-corrected chi connectivity index (χ0v) is 17.2. The summed E-state index contributed by atoms with van der Waals surface area (Å²) in [4.78, 5) is 34.9. The predicted molar refractivity (Wildman–Crippen MR) is 119 cm³/mol. The van der Waals surface area contributed by atoms with Gasteiger partial charge in [-0.3, -0.25) is 19.3 Å². The Morgan fingerprint density at radius 3 is 2.77 bits per heavy atom. The molecule has 0 amide bonds. The van der Waals surface area contributed by atoms with Crippen molar-refractivity contribution < 1.29 is 5.11 Å². The number of para-hydroxylation sites is 1. The Hall–Kier alpha value is -3.09. The SMILES string of the molecule is CCC(Cc1c[nH]c2ccccc12)N=Cc1c(O)n(C2CCCCC2)c(=O)[nH]c1=O. The van der Waals surface area contributed by atoms with Gasteiger partial charge in [0.15, 0.2) is 0 Å². The van der Waals surface area contributed by atoms with Crippen LogP contribution in [-0.4, -0.2) is 31.9 Å². The van der Waals surface area contributed by atoms with E-state index < -0.39 is 11.2 Å². The fraction of sp³-hybridized carbons (Fsp3) is 0.435. The van der Waals surface area contributed by atoms with E-state index in [2.05, 4.69) is 21.0 Å². The van der Waals surface area contributed by atoms with Crippen molar-refractivity contribution in [3.63, 3.8) is 0 Å². The maximum absolute atomic E-state index is 12.4. The number of aromatic hydroxyl groups is 1. The highest BCUT2D eigenvalue weighted by Crippen LogP contribution is 2.29. The lowest BCUT2D eigenvalue weighted by Crippen LogP contribution is -2.35. The lowest BCUT2D eigenvalue weighted by Gasteiger charge is -2.24. The summed E-state index contributed by atoms with van der Waals surface area (Å²) in [5, 5.41) is 11.9. The molecule has 1 saturated carbocycles. The number of aromatic amines is 2. The first-order valence-corrected chi connectivity index (χ1v) is 10.7. The van der Waals surface area contributed by atoms with Crippen molar-refractivity contribution in [3.05, 3.63) is 62.4 Å². The first-order chi connectivity index (χ1) is 14.6. The molecular weight excluding hydrogens is 380 g/mol. The van der Waals surface area contributed by atoms with Gasteiger partial charge in [-0.05, 0) is 37.3 Å². The van der Waals surface area contributed by atoms with Gasteiger partial charge in [-0.1, -0.05) is 44.4 Å². The van der Waals surface area contributed by atoms with Gasteiger partial charge in [0, 0.05) is 29.4 Å². The van der Waals surface area contributed by atoms with Crippen LogP contribution in [0.1, 0.15) is 62.6 Å². The van der Waals surface area contributed by atoms with Crippen LogP contribution >= 0.6 is 0 Å². The smallest absolute Gasteiger partial charge is 0.331 e. The van der Waals surface area contributed by atoms with E-state index in [0.717, 1.165) is 55.8 Å². The van der Waals surface area contributed by atoms with Crippen molar-refractivity contribution in [3.8, 4) is 5.88 Å². The summed E-state index contributed by atoms with van der Waals surface area (Å²) in [6, 6.07) is 8.00. The highest BCUT2D eigenvalue weighted by molar-refractivity contribution is 5.84. The first kappa shape index (κ1) is 20.2. The third kappa shape index (κ3) is 3.97. The van der Waals surface area contributed by atoms with Crippen molar-refractivity contribution in [2.24, 2.45) is 4.99 Å². The molecule has 3 aromatic rings. The highest BCUT2D eigenvalue weighted by atomic mass is 16.3. The summed E-state index contributed by atoms with van der Waals surface area (Å²) < 4.78 is 1.34. The van der Waals surface area contributed by atoms with Gasteiger partial charge in [0.2, 0.25) is 5.88 Å². The van der Waals surface area contributed by atoms with Crippen molar-refractivity contribution in [1.29, 1.82) is 0 Å². The molecule has 0 bridgehead atoms. The first-order valence-electron chi connectivity index (χ1n) is 10.7. The minimum absolute atomic E-state index is 0.0435. The standard InChI is InChI=1S/C23H28N4O3/c1-2-16(12-15-13-25-20-11-7-6-10-18(15)20)24-14-19-21(28)26-23(30)27(22(19)29)17-8-4-3-5-9-17/h6-7,10-11,13-14,16-17,25,29H,2-5,8-9,12H2,1H3,(H,26,28,30). The molecule has 1 fully saturated rings. The van der Waals surface area contributed by atoms with Gasteiger partial charge in [0.25, 0.3) is 5.56 Å². The van der Waals surface area contributed by atoms with E-state index in [1.165, 1.54) is 16.3 Å². The average Bonchev–Trinajstić information content (AvgIpc) is 3.16. The van der Waals surface area contributed by atoms with Crippen molar-refractivity contribution in [2.75, 3.05) is 0 Å². The van der Waals surface area contributed by atoms with Gasteiger partial charge in [-0.2, -0.15) is 0 Å². The lowest BCUT2D eigenvalue weighted by atomic mass is 9.95. The van der Waals surface area contributed by atoms with Gasteiger partial charge in [0.1, 0.15) is 5.56 Å². The Morgan fingerprint density at radius 1 is 1.23 bits per heavy atom. The summed E-state index contributed by atoms with van der Waals surface area (Å²) in [5.74, 6) is -0.277. The van der Waals surface area contributed by atoms with Crippen LogP contribution in [0.4, 0.5) is 0 Å². The topological polar surface area (TPSA) is 103 Å². The second-order valence-electron chi connectivity index (χ2n) is 8.06. The Kier molecular flexibility index (Phi) is 5.88. The number of fused-ring (bicyclic) bond motifs is 1. The summed E-state index contributed by atoms with van der Waals surface area (Å²) in [6.07, 6.45) is 9.75. The van der Waals surface area contributed by atoms with E-state index in [0.29, 0.717) is 0 Å². The maximum Gasteiger partial charge on any atom is 0.331 e. The quantitative estimate of drug-likeness (QED) is 0.542. The third-order valence-corrected chi connectivity index (χ3v) is 6.11. The van der Waals surface area contributed by atoms with Gasteiger partial charge in [-0.25, -0.2) is 4.79 Å². The zero-order chi connectivity index (χ0) is 21.1. The van der Waals surface area contributed by atoms with Crippen molar-refractivity contribution in [1.82, 2.24) is 14.5 Å². The fourth-order valence-electron chi connectivity index (χ4n) is 4.38. The minimum Gasteiger partial charge on any atom is -0.494 e. The van der Waals surface area contributed by atoms with E-state index in [4.69, 9.17) is 0 Å². The van der Waals surface area contributed by atoms with E-state index in [-0.39, 0.29) is 23.5 Å². The van der Waals surface area contributed by atoms with Crippen LogP contribution in [-0.2, 0) is 6.42 Å². The van der Waals surface area contributed by atoms with E-state index in [9.17, 15) is 14.7 Å². The monoisotopic (exact) mass is 408 g/mol. The summed E-state index contributed by atoms with van der Waals surface area (Å²) in [7, 11) is 0. The molecule has 4 rings (SSSR count). The molecule has 0 saturated heterocycles. The van der Waals surface area contributed by atoms with Crippen LogP contribution in [0.5, 0.6) is 5.88 Å². The Labute approximate surface area is 174 Å². The van der Waals surface area contributed by atoms with Gasteiger partial charge >= 0.3 is 5.69 Å². The summed E-state index contributed by atoms with van der Waals surface area (Å²) in [5.41, 5.74) is 1.15. The molecule has 0 spiro atoms. The number of hydrogen-bond acceptors (Lipinski definition) is 4. The second kappa shape index (κ2) is 8.73. The maximum atomic E-state index is 12.4. The minimum atomic E-state index is -0.602. The number of H-pyrrole nitrogens is 2. The molecule has 158 valence electrons. The van der Waals surface area contributed by atoms with Gasteiger partial charge in [0.05, 0.1) is 6.04 Å². The van der Waals surface area contributed by atoms with Crippen LogP contribution in [0.3, 0.4) is 0 Å². The summed E-state index contributed by atoms with van der Waals surface area (Å²) >= 11 is 0. The molecule has 3 N–H and O–H groups in total. The molecule has 1 aromatic carbocycles. The van der Waals surface area contributed by atoms with Crippen LogP contribution in [0.2, 0.25) is 0 Å². The number of rotatable bonds is 6. The Morgan fingerprint density at radius 2 is 2.00 bits per heavy atom. The number of benzene rings is 1. The number of nitrogens with zero attached hydrogens (tertiary/aromatic N) is 2. The molecule has 0 aliphatic heterocycles. The normalized spacial score (nSPS) is 16.4. The number of aliphatic imine (C=N–C) groups is 1. The van der Waals surface area contributed by atoms with Crippen molar-refractivity contribution >= 4 is 17.1 Å². The largest absolute Gasteiger partial charge is 0.494 e. The molecule has 1 unspecified atom stereocenters. The van der Waals surface area contributed by atoms with E-state index in [1.807, 2.05) is 31.3 Å². The zero-order valence-electron chi connectivity index (χ0n) is 17.2. The predicted octanol–water partition coefficient (Wildman–Crippen LogP) is 3.67. The molecule has 30 heavy (non-hydrogen) atoms. The Bertz CT molecular complexity index is 1170. The van der Waals surface area contributed by atoms with Crippen LogP contribution < -0.4 is 11.2 Å². The molecule has 1 aliphatic carbocycles. The third-order valence-electron chi connectivity index (χ3n) is 6.11. The molecule has 7 nitrogen and oxygen atoms in total. The molecular formula is C23H28N4O3. The molecule has 2 aromatic heterocycles. The molecule has 7 heteroatoms. The molecule has 2 heterocycles. The van der Waals surface area contributed by atoms with Gasteiger partial charge < -0.3 is 10.1 Å². The van der Waals surface area contributed by atoms with Gasteiger partial charge in [-0.15, -0.1) is 0 Å². The number of nitrogens with one attached hydrogen (secondary N) is 2. The molecule has 1 aliphatic rings. The highest BCUT2D eigenvalue weighted by Gasteiger charge is 2.22. The van der Waals surface area contributed by atoms with E-state index >= 15 is 0 Å². The second-order valence-corrected chi connectivity index (χ2v) is 8.06. The molecule has 0 radical (unpaired) electrons. The van der Waals surface area contributed by atoms with Crippen molar-refractivity contribution in [2.45, 2.75) is 64.0 Å². The van der Waals surface area contributed by atoms with Crippen LogP contribution in [0, 0.1) is 0 Å². The Balaban J connectivity index is 1.61.